The molecule has 104 valence electrons. The summed E-state index contributed by atoms with van der Waals surface area (Å²) in [5, 5.41) is 5.19. The average Bonchev–Trinajstić information content (AvgIpc) is 3.01. The molecule has 0 unspecified atom stereocenters. The summed E-state index contributed by atoms with van der Waals surface area (Å²) in [6.07, 6.45) is 1.65. The summed E-state index contributed by atoms with van der Waals surface area (Å²) in [4.78, 5) is 16.5. The number of nitrogens with two attached hydrogens (primary N) is 1. The van der Waals surface area contributed by atoms with Gasteiger partial charge in [-0.2, -0.15) is 0 Å². The van der Waals surface area contributed by atoms with E-state index in [1.807, 2.05) is 41.8 Å². The number of nitrogens with one attached hydrogen (secondary N) is 1. The van der Waals surface area contributed by atoms with Crippen LogP contribution >= 0.6 is 11.3 Å². The first-order valence-corrected chi connectivity index (χ1v) is 7.28. The molecule has 0 saturated carbocycles. The van der Waals surface area contributed by atoms with Crippen molar-refractivity contribution in [2.75, 3.05) is 11.1 Å². The van der Waals surface area contributed by atoms with Gasteiger partial charge in [0.05, 0.1) is 0 Å². The van der Waals surface area contributed by atoms with E-state index in [2.05, 4.69) is 10.3 Å². The van der Waals surface area contributed by atoms with Crippen LogP contribution in [0.5, 0.6) is 0 Å². The van der Waals surface area contributed by atoms with Gasteiger partial charge in [-0.1, -0.05) is 30.3 Å². The van der Waals surface area contributed by atoms with Crippen LogP contribution < -0.4 is 11.1 Å². The Morgan fingerprint density at radius 2 is 1.95 bits per heavy atom. The summed E-state index contributed by atoms with van der Waals surface area (Å²) in [5.41, 5.74) is 8.82. The summed E-state index contributed by atoms with van der Waals surface area (Å²) < 4.78 is 0. The van der Waals surface area contributed by atoms with Crippen molar-refractivity contribution in [2.24, 2.45) is 0 Å². The Bertz CT molecular complexity index is 754. The Balaban J connectivity index is 2.00. The molecule has 3 rings (SSSR count). The van der Waals surface area contributed by atoms with E-state index in [1.54, 1.807) is 18.3 Å². The minimum Gasteiger partial charge on any atom is -0.399 e. The van der Waals surface area contributed by atoms with Gasteiger partial charge in [-0.3, -0.25) is 10.1 Å². The molecule has 0 radical (unpaired) electrons. The number of rotatable bonds is 3. The Morgan fingerprint density at radius 1 is 1.14 bits per heavy atom. The molecule has 0 spiro atoms. The van der Waals surface area contributed by atoms with E-state index in [-0.39, 0.29) is 5.91 Å². The molecule has 0 fully saturated rings. The van der Waals surface area contributed by atoms with Crippen molar-refractivity contribution < 1.29 is 4.79 Å². The predicted octanol–water partition coefficient (Wildman–Crippen LogP) is 3.64. The third-order valence-corrected chi connectivity index (χ3v) is 3.71. The second kappa shape index (κ2) is 5.76. The Morgan fingerprint density at radius 3 is 2.67 bits per heavy atom. The Kier molecular flexibility index (Phi) is 3.66. The summed E-state index contributed by atoms with van der Waals surface area (Å²) >= 11 is 1.38. The van der Waals surface area contributed by atoms with Gasteiger partial charge in [0.25, 0.3) is 5.91 Å². The molecule has 2 aromatic carbocycles. The van der Waals surface area contributed by atoms with E-state index in [4.69, 9.17) is 5.73 Å². The van der Waals surface area contributed by atoms with Gasteiger partial charge in [0, 0.05) is 22.8 Å². The Hall–Kier alpha value is -2.66. The number of hydrogen-bond acceptors (Lipinski definition) is 4. The fraction of sp³-hybridized carbons (Fsp3) is 0. The van der Waals surface area contributed by atoms with Crippen molar-refractivity contribution in [1.82, 2.24) is 4.98 Å². The van der Waals surface area contributed by atoms with Gasteiger partial charge in [-0.05, 0) is 29.3 Å². The first-order chi connectivity index (χ1) is 10.2. The molecule has 0 saturated heterocycles. The lowest BCUT2D eigenvalue weighted by Gasteiger charge is -2.10. The highest BCUT2D eigenvalue weighted by atomic mass is 32.1. The highest BCUT2D eigenvalue weighted by Crippen LogP contribution is 2.27. The molecule has 5 heteroatoms. The van der Waals surface area contributed by atoms with Crippen LogP contribution in [0.1, 0.15) is 10.4 Å². The molecule has 3 aromatic rings. The van der Waals surface area contributed by atoms with Crippen LogP contribution in [0.4, 0.5) is 10.8 Å². The molecule has 3 N–H and O–H groups in total. The number of anilines is 2. The number of nitrogens with zero attached hydrogens (tertiary/aromatic N) is 1. The third kappa shape index (κ3) is 2.93. The fourth-order valence-electron chi connectivity index (χ4n) is 2.07. The van der Waals surface area contributed by atoms with Crippen molar-refractivity contribution in [3.63, 3.8) is 0 Å². The first-order valence-electron chi connectivity index (χ1n) is 6.40. The van der Waals surface area contributed by atoms with Crippen molar-refractivity contribution >= 4 is 28.1 Å². The molecule has 1 amide bonds. The number of thiazole rings is 1. The zero-order valence-corrected chi connectivity index (χ0v) is 11.9. The third-order valence-electron chi connectivity index (χ3n) is 3.03. The van der Waals surface area contributed by atoms with E-state index >= 15 is 0 Å². The van der Waals surface area contributed by atoms with E-state index in [1.165, 1.54) is 11.3 Å². The lowest BCUT2D eigenvalue weighted by atomic mass is 9.98. The standard InChI is InChI=1S/C16H13N3OS/c17-12-6-7-13(15(20)19-16-18-8-9-21-16)14(10-12)11-4-2-1-3-5-11/h1-10H,17H2,(H,18,19,20). The van der Waals surface area contributed by atoms with Crippen molar-refractivity contribution in [1.29, 1.82) is 0 Å². The first kappa shape index (κ1) is 13.3. The van der Waals surface area contributed by atoms with E-state index in [0.717, 1.165) is 11.1 Å². The number of nitrogen functional groups attached to an aromatic ring is 1. The van der Waals surface area contributed by atoms with Gasteiger partial charge in [0.2, 0.25) is 0 Å². The zero-order chi connectivity index (χ0) is 14.7. The average molecular weight is 295 g/mol. The van der Waals surface area contributed by atoms with Gasteiger partial charge >= 0.3 is 0 Å². The molecule has 1 heterocycles. The maximum absolute atomic E-state index is 12.4. The number of amides is 1. The fourth-order valence-corrected chi connectivity index (χ4v) is 2.59. The van der Waals surface area contributed by atoms with Gasteiger partial charge in [-0.15, -0.1) is 11.3 Å². The summed E-state index contributed by atoms with van der Waals surface area (Å²) in [6.45, 7) is 0. The highest BCUT2D eigenvalue weighted by Gasteiger charge is 2.14. The van der Waals surface area contributed by atoms with Crippen LogP contribution in [0.2, 0.25) is 0 Å². The highest BCUT2D eigenvalue weighted by molar-refractivity contribution is 7.13. The lowest BCUT2D eigenvalue weighted by molar-refractivity contribution is 0.102. The van der Waals surface area contributed by atoms with Gasteiger partial charge < -0.3 is 5.73 Å². The molecule has 0 aliphatic rings. The predicted molar refractivity (Wildman–Crippen MR) is 86.4 cm³/mol. The minimum absolute atomic E-state index is 0.191. The SMILES string of the molecule is Nc1ccc(C(=O)Nc2nccs2)c(-c2ccccc2)c1. The minimum atomic E-state index is -0.191. The lowest BCUT2D eigenvalue weighted by Crippen LogP contribution is -2.13. The topological polar surface area (TPSA) is 68.0 Å². The smallest absolute Gasteiger partial charge is 0.258 e. The molecule has 21 heavy (non-hydrogen) atoms. The monoisotopic (exact) mass is 295 g/mol. The number of aromatic nitrogens is 1. The second-order valence-corrected chi connectivity index (χ2v) is 5.36. The van der Waals surface area contributed by atoms with Crippen LogP contribution in [-0.2, 0) is 0 Å². The van der Waals surface area contributed by atoms with Crippen molar-refractivity contribution in [3.8, 4) is 11.1 Å². The number of carbonyl (C=O) groups excluding carboxylic acids is 1. The molecular formula is C16H13N3OS. The number of benzene rings is 2. The largest absolute Gasteiger partial charge is 0.399 e. The summed E-state index contributed by atoms with van der Waals surface area (Å²) in [7, 11) is 0. The molecule has 0 atom stereocenters. The van der Waals surface area contributed by atoms with Gasteiger partial charge in [-0.25, -0.2) is 4.98 Å². The van der Waals surface area contributed by atoms with Crippen LogP contribution in [-0.4, -0.2) is 10.9 Å². The number of carbonyl (C=O) groups is 1. The maximum Gasteiger partial charge on any atom is 0.258 e. The summed E-state index contributed by atoms with van der Waals surface area (Å²) in [5.74, 6) is -0.191. The molecule has 0 bridgehead atoms. The second-order valence-electron chi connectivity index (χ2n) is 4.46. The molecule has 1 aromatic heterocycles. The van der Waals surface area contributed by atoms with Crippen LogP contribution in [0.25, 0.3) is 11.1 Å². The molecule has 4 nitrogen and oxygen atoms in total. The zero-order valence-electron chi connectivity index (χ0n) is 11.1. The van der Waals surface area contributed by atoms with E-state index in [9.17, 15) is 4.79 Å². The van der Waals surface area contributed by atoms with Crippen LogP contribution in [0.3, 0.4) is 0 Å². The van der Waals surface area contributed by atoms with E-state index < -0.39 is 0 Å². The molecule has 0 aliphatic carbocycles. The molecular weight excluding hydrogens is 282 g/mol. The summed E-state index contributed by atoms with van der Waals surface area (Å²) in [6, 6.07) is 15.0. The van der Waals surface area contributed by atoms with E-state index in [0.29, 0.717) is 16.4 Å². The normalized spacial score (nSPS) is 10.3. The van der Waals surface area contributed by atoms with Gasteiger partial charge in [0.15, 0.2) is 5.13 Å². The Labute approximate surface area is 126 Å². The van der Waals surface area contributed by atoms with Crippen molar-refractivity contribution in [2.45, 2.75) is 0 Å². The number of hydrogen-bond donors (Lipinski definition) is 2. The van der Waals surface area contributed by atoms with Crippen molar-refractivity contribution in [3.05, 3.63) is 65.7 Å². The quantitative estimate of drug-likeness (QED) is 0.725. The van der Waals surface area contributed by atoms with Gasteiger partial charge in [0.1, 0.15) is 0 Å². The maximum atomic E-state index is 12.4. The van der Waals surface area contributed by atoms with Crippen LogP contribution in [0, 0.1) is 0 Å². The molecule has 0 aliphatic heterocycles. The van der Waals surface area contributed by atoms with Crippen LogP contribution in [0.15, 0.2) is 60.1 Å².